The van der Waals surface area contributed by atoms with Crippen LogP contribution in [0.1, 0.15) is 35.2 Å². The predicted octanol–water partition coefficient (Wildman–Crippen LogP) is 1.87. The number of hydrogen-bond donors (Lipinski definition) is 2. The van der Waals surface area contributed by atoms with E-state index in [1.54, 1.807) is 18.1 Å². The Labute approximate surface area is 170 Å². The van der Waals surface area contributed by atoms with Gasteiger partial charge < -0.3 is 19.7 Å². The highest BCUT2D eigenvalue weighted by atomic mass is 16.5. The lowest BCUT2D eigenvalue weighted by Gasteiger charge is -2.31. The molecule has 0 saturated carbocycles. The number of benzene rings is 1. The maximum atomic E-state index is 12.7. The second-order valence-electron chi connectivity index (χ2n) is 7.83. The Morgan fingerprint density at radius 1 is 1.21 bits per heavy atom. The van der Waals surface area contributed by atoms with Crippen molar-refractivity contribution < 1.29 is 14.6 Å². The predicted molar refractivity (Wildman–Crippen MR) is 111 cm³/mol. The average molecular weight is 399 g/mol. The van der Waals surface area contributed by atoms with E-state index >= 15 is 0 Å². The summed E-state index contributed by atoms with van der Waals surface area (Å²) in [6, 6.07) is 10.8. The number of nitrogens with zero attached hydrogens (tertiary/aromatic N) is 2. The number of carbonyl (C=O) groups is 1. The Morgan fingerprint density at radius 3 is 2.62 bits per heavy atom. The number of likely N-dealkylation sites (tertiary alicyclic amines) is 1. The van der Waals surface area contributed by atoms with Gasteiger partial charge in [-0.1, -0.05) is 12.1 Å². The van der Waals surface area contributed by atoms with Crippen LogP contribution in [0.2, 0.25) is 0 Å². The number of methoxy groups -OCH3 is 1. The molecule has 1 fully saturated rings. The molecule has 29 heavy (non-hydrogen) atoms. The number of amides is 1. The maximum absolute atomic E-state index is 12.7. The molecule has 0 unspecified atom stereocenters. The number of H-pyrrole nitrogens is 1. The van der Waals surface area contributed by atoms with Gasteiger partial charge in [0.15, 0.2) is 0 Å². The molecule has 1 aromatic heterocycles. The second-order valence-corrected chi connectivity index (χ2v) is 7.83. The molecule has 156 valence electrons. The molecule has 0 aliphatic carbocycles. The van der Waals surface area contributed by atoms with E-state index in [2.05, 4.69) is 9.88 Å². The fourth-order valence-corrected chi connectivity index (χ4v) is 3.87. The molecule has 0 spiro atoms. The highest BCUT2D eigenvalue weighted by Gasteiger charge is 2.32. The molecule has 2 aromatic rings. The van der Waals surface area contributed by atoms with Gasteiger partial charge in [0.1, 0.15) is 5.75 Å². The van der Waals surface area contributed by atoms with Crippen molar-refractivity contribution in [3.05, 3.63) is 64.1 Å². The smallest absolute Gasteiger partial charge is 0.255 e. The molecule has 0 bridgehead atoms. The first-order valence-corrected chi connectivity index (χ1v) is 9.90. The number of pyridine rings is 1. The zero-order valence-electron chi connectivity index (χ0n) is 17.1. The van der Waals surface area contributed by atoms with E-state index in [1.807, 2.05) is 31.3 Å². The van der Waals surface area contributed by atoms with Crippen molar-refractivity contribution in [1.82, 2.24) is 14.8 Å². The molecule has 0 radical (unpaired) electrons. The van der Waals surface area contributed by atoms with Crippen LogP contribution in [0.15, 0.2) is 47.4 Å². The van der Waals surface area contributed by atoms with Gasteiger partial charge in [-0.25, -0.2) is 0 Å². The van der Waals surface area contributed by atoms with Gasteiger partial charge in [-0.2, -0.15) is 0 Å². The lowest BCUT2D eigenvalue weighted by Crippen LogP contribution is -2.42. The van der Waals surface area contributed by atoms with Crippen molar-refractivity contribution in [2.45, 2.75) is 31.4 Å². The van der Waals surface area contributed by atoms with Crippen LogP contribution in [0.25, 0.3) is 0 Å². The van der Waals surface area contributed by atoms with Crippen LogP contribution in [-0.4, -0.2) is 65.2 Å². The molecule has 1 aliphatic rings. The normalized spacial score (nSPS) is 19.8. The van der Waals surface area contributed by atoms with E-state index in [1.165, 1.54) is 12.3 Å². The van der Waals surface area contributed by atoms with E-state index in [0.717, 1.165) is 24.3 Å². The fraction of sp³-hybridized carbons (Fsp3) is 0.455. The summed E-state index contributed by atoms with van der Waals surface area (Å²) in [4.78, 5) is 30.3. The van der Waals surface area contributed by atoms with Crippen LogP contribution in [-0.2, 0) is 6.54 Å². The fourth-order valence-electron chi connectivity index (χ4n) is 3.87. The molecular formula is C22H29N3O4. The number of rotatable bonds is 6. The van der Waals surface area contributed by atoms with Crippen LogP contribution >= 0.6 is 0 Å². The summed E-state index contributed by atoms with van der Waals surface area (Å²) in [7, 11) is 3.64. The Bertz CT molecular complexity index is 860. The summed E-state index contributed by atoms with van der Waals surface area (Å²) >= 11 is 0. The summed E-state index contributed by atoms with van der Waals surface area (Å²) in [5.41, 5.74) is 0.556. The third-order valence-corrected chi connectivity index (χ3v) is 5.41. The number of nitrogens with one attached hydrogen (secondary N) is 1. The van der Waals surface area contributed by atoms with Gasteiger partial charge >= 0.3 is 0 Å². The Morgan fingerprint density at radius 2 is 1.97 bits per heavy atom. The molecule has 2 N–H and O–H groups in total. The van der Waals surface area contributed by atoms with Crippen LogP contribution < -0.4 is 10.3 Å². The van der Waals surface area contributed by atoms with Gasteiger partial charge in [-0.15, -0.1) is 0 Å². The molecule has 1 aromatic carbocycles. The van der Waals surface area contributed by atoms with Crippen molar-refractivity contribution in [2.24, 2.45) is 0 Å². The molecule has 7 nitrogen and oxygen atoms in total. The number of carbonyl (C=O) groups excluding carboxylic acids is 1. The first-order chi connectivity index (χ1) is 13.9. The molecule has 7 heteroatoms. The molecule has 1 saturated heterocycles. The van der Waals surface area contributed by atoms with E-state index < -0.39 is 5.60 Å². The standard InChI is InChI=1S/C22H29N3O4/c1-24(15-17-4-7-19(29-2)8-5-17)16-22(28)10-3-12-25(13-11-22)21(27)18-6-9-20(26)23-14-18/h4-9,14,28H,3,10-13,15-16H2,1-2H3,(H,23,26)/t22-/m1/s1. The van der Waals surface area contributed by atoms with Crippen molar-refractivity contribution in [1.29, 1.82) is 0 Å². The third kappa shape index (κ3) is 5.68. The lowest BCUT2D eigenvalue weighted by atomic mass is 9.94. The Hall–Kier alpha value is -2.64. The monoisotopic (exact) mass is 399 g/mol. The second kappa shape index (κ2) is 9.24. The molecule has 1 amide bonds. The highest BCUT2D eigenvalue weighted by Crippen LogP contribution is 2.25. The van der Waals surface area contributed by atoms with Crippen molar-refractivity contribution >= 4 is 5.91 Å². The van der Waals surface area contributed by atoms with E-state index in [0.29, 0.717) is 38.0 Å². The number of ether oxygens (including phenoxy) is 1. The van der Waals surface area contributed by atoms with E-state index in [-0.39, 0.29) is 11.5 Å². The molecular weight excluding hydrogens is 370 g/mol. The van der Waals surface area contributed by atoms with E-state index in [4.69, 9.17) is 4.74 Å². The lowest BCUT2D eigenvalue weighted by molar-refractivity contribution is -0.00401. The van der Waals surface area contributed by atoms with Gasteiger partial charge in [0.2, 0.25) is 5.56 Å². The largest absolute Gasteiger partial charge is 0.497 e. The maximum Gasteiger partial charge on any atom is 0.255 e. The van der Waals surface area contributed by atoms with Crippen molar-refractivity contribution in [2.75, 3.05) is 33.8 Å². The molecule has 1 aliphatic heterocycles. The zero-order chi connectivity index (χ0) is 20.9. The minimum absolute atomic E-state index is 0.114. The summed E-state index contributed by atoms with van der Waals surface area (Å²) in [6.45, 7) is 2.36. The molecule has 2 heterocycles. The highest BCUT2D eigenvalue weighted by molar-refractivity contribution is 5.93. The topological polar surface area (TPSA) is 85.9 Å². The number of aromatic nitrogens is 1. The van der Waals surface area contributed by atoms with Gasteiger partial charge in [-0.3, -0.25) is 14.5 Å². The summed E-state index contributed by atoms with van der Waals surface area (Å²) in [5.74, 6) is 0.711. The summed E-state index contributed by atoms with van der Waals surface area (Å²) < 4.78 is 5.19. The first-order valence-electron chi connectivity index (χ1n) is 9.90. The average Bonchev–Trinajstić information content (AvgIpc) is 2.90. The minimum Gasteiger partial charge on any atom is -0.497 e. The molecule has 3 rings (SSSR count). The van der Waals surface area contributed by atoms with Crippen LogP contribution in [0.4, 0.5) is 0 Å². The van der Waals surface area contributed by atoms with Crippen LogP contribution in [0.5, 0.6) is 5.75 Å². The SMILES string of the molecule is COc1ccc(CN(C)C[C@@]2(O)CCCN(C(=O)c3ccc(=O)[nH]c3)CC2)cc1. The van der Waals surface area contributed by atoms with Gasteiger partial charge in [0, 0.05) is 38.4 Å². The Kier molecular flexibility index (Phi) is 6.71. The van der Waals surface area contributed by atoms with Gasteiger partial charge in [-0.05, 0) is 50.1 Å². The van der Waals surface area contributed by atoms with E-state index in [9.17, 15) is 14.7 Å². The van der Waals surface area contributed by atoms with Crippen molar-refractivity contribution in [3.63, 3.8) is 0 Å². The van der Waals surface area contributed by atoms with Gasteiger partial charge in [0.05, 0.1) is 18.3 Å². The quantitative estimate of drug-likeness (QED) is 0.775. The number of aromatic amines is 1. The molecule has 1 atom stereocenters. The van der Waals surface area contributed by atoms with Crippen LogP contribution in [0.3, 0.4) is 0 Å². The number of aliphatic hydroxyl groups is 1. The zero-order valence-corrected chi connectivity index (χ0v) is 17.1. The Balaban J connectivity index is 1.57. The van der Waals surface area contributed by atoms with Crippen LogP contribution in [0, 0.1) is 0 Å². The number of hydrogen-bond acceptors (Lipinski definition) is 5. The van der Waals surface area contributed by atoms with Crippen molar-refractivity contribution in [3.8, 4) is 5.75 Å². The third-order valence-electron chi connectivity index (χ3n) is 5.41. The number of likely N-dealkylation sites (N-methyl/N-ethyl adjacent to an activating group) is 1. The summed E-state index contributed by atoms with van der Waals surface area (Å²) in [5, 5.41) is 11.1. The first kappa shape index (κ1) is 21.1. The minimum atomic E-state index is -0.832. The summed E-state index contributed by atoms with van der Waals surface area (Å²) in [6.07, 6.45) is 3.36. The van der Waals surface area contributed by atoms with Gasteiger partial charge in [0.25, 0.3) is 5.91 Å².